The molecule has 17 heteroatoms. The minimum atomic E-state index is -1.95. The molecule has 3 heterocycles. The second kappa shape index (κ2) is 15.6. The van der Waals surface area contributed by atoms with Crippen molar-refractivity contribution in [1.29, 1.82) is 0 Å². The number of hydrogen-bond donors (Lipinski definition) is 10. The predicted octanol–water partition coefficient (Wildman–Crippen LogP) is -5.44. The summed E-state index contributed by atoms with van der Waals surface area (Å²) < 4.78 is 40.4. The summed E-state index contributed by atoms with van der Waals surface area (Å²) in [6, 6.07) is 0. The molecule has 0 radical (unpaired) electrons. The van der Waals surface area contributed by atoms with Gasteiger partial charge < -0.3 is 79.5 Å². The summed E-state index contributed by atoms with van der Waals surface area (Å²) in [5.41, 5.74) is 0. The van der Waals surface area contributed by atoms with Crippen LogP contribution < -0.4 is 0 Å². The smallest absolute Gasteiger partial charge is 0.308 e. The quantitative estimate of drug-likeness (QED) is 0.0932. The summed E-state index contributed by atoms with van der Waals surface area (Å²) >= 11 is 0. The highest BCUT2D eigenvalue weighted by Gasteiger charge is 2.52. The molecule has 0 aromatic heterocycles. The van der Waals surface area contributed by atoms with E-state index in [1.165, 1.54) is 0 Å². The number of rotatable bonds is 12. The van der Waals surface area contributed by atoms with Gasteiger partial charge in [-0.05, 0) is 6.42 Å². The number of aliphatic hydroxyl groups excluding tert-OH is 10. The number of ether oxygens (including phenoxy) is 6. The van der Waals surface area contributed by atoms with Crippen molar-refractivity contribution in [1.82, 2.24) is 0 Å². The molecular weight excluding hydrogens is 560 g/mol. The van der Waals surface area contributed by atoms with Gasteiger partial charge in [0.15, 0.2) is 18.7 Å². The molecule has 0 bridgehead atoms. The van der Waals surface area contributed by atoms with E-state index in [0.29, 0.717) is 12.8 Å². The van der Waals surface area contributed by atoms with Crippen LogP contribution in [0.25, 0.3) is 0 Å². The molecule has 3 saturated heterocycles. The first kappa shape index (κ1) is 32.8. The fraction of sp³-hybridized carbons (Fsp3) is 0.958. The Morgan fingerprint density at radius 3 is 1.76 bits per heavy atom. The van der Waals surface area contributed by atoms with Gasteiger partial charge in [-0.15, -0.1) is 0 Å². The molecule has 41 heavy (non-hydrogen) atoms. The van der Waals surface area contributed by atoms with Crippen molar-refractivity contribution in [2.24, 2.45) is 0 Å². The molecule has 0 aliphatic carbocycles. The highest BCUT2D eigenvalue weighted by atomic mass is 16.8. The zero-order valence-corrected chi connectivity index (χ0v) is 22.3. The third-order valence-corrected chi connectivity index (χ3v) is 7.16. The molecule has 10 N–H and O–H groups in total. The van der Waals surface area contributed by atoms with Gasteiger partial charge in [-0.1, -0.05) is 19.8 Å². The van der Waals surface area contributed by atoms with Gasteiger partial charge in [0.25, 0.3) is 0 Å². The Morgan fingerprint density at radius 2 is 1.20 bits per heavy atom. The van der Waals surface area contributed by atoms with Gasteiger partial charge in [-0.2, -0.15) is 0 Å². The van der Waals surface area contributed by atoms with Crippen molar-refractivity contribution in [3.63, 3.8) is 0 Å². The fourth-order valence-electron chi connectivity index (χ4n) is 4.60. The van der Waals surface area contributed by atoms with Crippen LogP contribution in [0.15, 0.2) is 0 Å². The third kappa shape index (κ3) is 8.08. The van der Waals surface area contributed by atoms with Crippen LogP contribution in [0.2, 0.25) is 0 Å². The van der Waals surface area contributed by atoms with Crippen molar-refractivity contribution < 1.29 is 85.7 Å². The second-order valence-corrected chi connectivity index (χ2v) is 10.1. The third-order valence-electron chi connectivity index (χ3n) is 7.16. The first-order valence-electron chi connectivity index (χ1n) is 14.0. The average molecular weight is 604 g/mol. The first-order chi connectivity index (χ1) is 19.9. The van der Waals surface area contributed by atoms with Gasteiger partial charge in [0, 0.05) is 7.77 Å². The van der Waals surface area contributed by atoms with Gasteiger partial charge in [0.1, 0.15) is 67.1 Å². The van der Waals surface area contributed by atoms with Crippen LogP contribution in [0.4, 0.5) is 0 Å². The number of carbonyl (C=O) groups is 1. The Bertz CT molecular complexity index is 835. The summed E-state index contributed by atoms with van der Waals surface area (Å²) in [5.74, 6) is -1.08. The normalized spacial score (nSPS) is 46.5. The molecule has 3 fully saturated rings. The van der Waals surface area contributed by atoms with Crippen LogP contribution in [0.1, 0.15) is 34.0 Å². The Hall–Kier alpha value is -1.13. The van der Waals surface area contributed by atoms with Crippen molar-refractivity contribution in [2.45, 2.75) is 125 Å². The van der Waals surface area contributed by atoms with Crippen molar-refractivity contribution in [3.05, 3.63) is 0 Å². The van der Waals surface area contributed by atoms with Gasteiger partial charge in [0.05, 0.1) is 19.8 Å². The molecule has 0 amide bonds. The maximum Gasteiger partial charge on any atom is 0.308 e. The molecule has 240 valence electrons. The zero-order chi connectivity index (χ0) is 31.3. The zero-order valence-electron chi connectivity index (χ0n) is 23.3. The second-order valence-electron chi connectivity index (χ2n) is 10.1. The standard InChI is InChI=1S/C24H42O17/c1-2-3-4-5-12(27)40-24-21(41-23-20(35)17(32)14(29)10(7-26)38-23)18(33)15(30)11(39-24)8-36-22-19(34)16(31)13(28)9(6-25)37-22/h9-11,13-26,28-35H,2-8H2,1H3/t9-,10-,11-,13-,14-,15-,16+,17+,18+,19-,20-,21-,22-,23+,24?/m1/s1/i5D/t5?,9-,10-,11-,13-,14-,15-,16+,17+,18+,19-,20-,21-,22-,23+,24?. The largest absolute Gasteiger partial charge is 0.433 e. The van der Waals surface area contributed by atoms with E-state index in [1.807, 2.05) is 6.92 Å². The first-order valence-corrected chi connectivity index (χ1v) is 13.4. The monoisotopic (exact) mass is 603 g/mol. The maximum atomic E-state index is 12.7. The Labute approximate surface area is 236 Å². The number of esters is 1. The van der Waals surface area contributed by atoms with E-state index in [-0.39, 0.29) is 6.42 Å². The van der Waals surface area contributed by atoms with Crippen LogP contribution in [-0.2, 0) is 33.2 Å². The minimum Gasteiger partial charge on any atom is -0.433 e. The van der Waals surface area contributed by atoms with Crippen LogP contribution in [0.3, 0.4) is 0 Å². The van der Waals surface area contributed by atoms with Crippen LogP contribution in [0.5, 0.6) is 0 Å². The van der Waals surface area contributed by atoms with E-state index >= 15 is 0 Å². The van der Waals surface area contributed by atoms with E-state index in [2.05, 4.69) is 0 Å². The van der Waals surface area contributed by atoms with E-state index in [1.54, 1.807) is 0 Å². The molecule has 17 nitrogen and oxygen atoms in total. The molecule has 0 spiro atoms. The lowest BCUT2D eigenvalue weighted by molar-refractivity contribution is -0.367. The van der Waals surface area contributed by atoms with Crippen LogP contribution in [-0.4, -0.2) is 169 Å². The average Bonchev–Trinajstić information content (AvgIpc) is 2.98. The van der Waals surface area contributed by atoms with Crippen molar-refractivity contribution in [2.75, 3.05) is 19.8 Å². The van der Waals surface area contributed by atoms with E-state index in [4.69, 9.17) is 29.8 Å². The summed E-state index contributed by atoms with van der Waals surface area (Å²) in [6.07, 6.45) is -25.8. The van der Waals surface area contributed by atoms with E-state index < -0.39 is 124 Å². The van der Waals surface area contributed by atoms with Crippen molar-refractivity contribution >= 4 is 5.97 Å². The number of aliphatic hydroxyl groups is 10. The lowest BCUT2D eigenvalue weighted by atomic mass is 9.97. The topological polar surface area (TPSA) is 275 Å². The molecule has 3 rings (SSSR count). The summed E-state index contributed by atoms with van der Waals surface area (Å²) in [7, 11) is 0. The van der Waals surface area contributed by atoms with Gasteiger partial charge in [0.2, 0.25) is 6.29 Å². The minimum absolute atomic E-state index is 0.134. The molecule has 0 aromatic rings. The summed E-state index contributed by atoms with van der Waals surface area (Å²) in [5, 5.41) is 101. The molecule has 3 aliphatic heterocycles. The van der Waals surface area contributed by atoms with Crippen LogP contribution >= 0.6 is 0 Å². The molecule has 0 aromatic carbocycles. The Balaban J connectivity index is 1.77. The highest BCUT2D eigenvalue weighted by Crippen LogP contribution is 2.31. The lowest BCUT2D eigenvalue weighted by Gasteiger charge is -2.46. The predicted molar refractivity (Wildman–Crippen MR) is 129 cm³/mol. The maximum absolute atomic E-state index is 12.7. The molecular formula is C24H42O17. The molecule has 2 unspecified atom stereocenters. The molecule has 3 aliphatic rings. The van der Waals surface area contributed by atoms with Gasteiger partial charge in [-0.25, -0.2) is 0 Å². The molecule has 16 atom stereocenters. The molecule has 0 saturated carbocycles. The van der Waals surface area contributed by atoms with E-state index in [9.17, 15) is 55.9 Å². The summed E-state index contributed by atoms with van der Waals surface area (Å²) in [6.45, 7) is -0.329. The fourth-order valence-corrected chi connectivity index (χ4v) is 4.60. The van der Waals surface area contributed by atoms with Crippen molar-refractivity contribution in [3.8, 4) is 0 Å². The van der Waals surface area contributed by atoms with Crippen LogP contribution in [0, 0.1) is 0 Å². The SMILES string of the molecule is [2H]C(CCCC)C(=O)OC1O[C@H](CO[C@@H]2O[C@H](CO)[C@@H](O)[C@H](O)[C@H]2O)[C@@H](O)[C@H](O)[C@H]1O[C@@H]1O[C@H](CO)[C@@H](O)[C@H](O)[C@H]1O. The summed E-state index contributed by atoms with van der Waals surface area (Å²) in [4.78, 5) is 12.7. The van der Waals surface area contributed by atoms with Gasteiger partial charge in [-0.3, -0.25) is 4.79 Å². The highest BCUT2D eigenvalue weighted by molar-refractivity contribution is 5.69. The number of unbranched alkanes of at least 4 members (excludes halogenated alkanes) is 1. The number of carbonyl (C=O) groups excluding carboxylic acids is 1. The van der Waals surface area contributed by atoms with Gasteiger partial charge >= 0.3 is 5.97 Å². The lowest BCUT2D eigenvalue weighted by Crippen LogP contribution is -2.65. The number of hydrogen-bond acceptors (Lipinski definition) is 17. The Kier molecular flexibility index (Phi) is 12.4. The van der Waals surface area contributed by atoms with E-state index in [0.717, 1.165) is 0 Å². The Morgan fingerprint density at radius 1 is 0.683 bits per heavy atom.